The van der Waals surface area contributed by atoms with Crippen molar-refractivity contribution in [2.75, 3.05) is 18.5 Å². The molecule has 0 amide bonds. The lowest BCUT2D eigenvalue weighted by Gasteiger charge is -2.10. The normalized spacial score (nSPS) is 11.4. The van der Waals surface area contributed by atoms with Crippen LogP contribution in [0.1, 0.15) is 35.7 Å². The van der Waals surface area contributed by atoms with Crippen LogP contribution in [-0.2, 0) is 0 Å². The van der Waals surface area contributed by atoms with Crippen LogP contribution in [0.15, 0.2) is 33.5 Å². The Bertz CT molecular complexity index is 1020. The predicted octanol–water partition coefficient (Wildman–Crippen LogP) is 2.57. The van der Waals surface area contributed by atoms with Gasteiger partial charge in [-0.05, 0) is 29.7 Å². The van der Waals surface area contributed by atoms with Gasteiger partial charge in [-0.2, -0.15) is 4.98 Å². The van der Waals surface area contributed by atoms with Crippen LogP contribution in [0.4, 0.5) is 5.82 Å². The van der Waals surface area contributed by atoms with Crippen molar-refractivity contribution in [3.8, 4) is 0 Å². The highest BCUT2D eigenvalue weighted by Crippen LogP contribution is 2.25. The van der Waals surface area contributed by atoms with Crippen LogP contribution >= 0.6 is 0 Å². The number of aliphatic hydroxyl groups is 1. The van der Waals surface area contributed by atoms with Crippen molar-refractivity contribution in [2.24, 2.45) is 0 Å². The average molecular weight is 342 g/mol. The van der Waals surface area contributed by atoms with Crippen LogP contribution in [0, 0.1) is 0 Å². The molecule has 25 heavy (non-hydrogen) atoms. The molecule has 0 spiro atoms. The number of aromatic nitrogens is 1. The van der Waals surface area contributed by atoms with Crippen molar-refractivity contribution in [3.63, 3.8) is 0 Å². The summed E-state index contributed by atoms with van der Waals surface area (Å²) in [6, 6.07) is 6.64. The molecular formula is C18H18N2O5. The van der Waals surface area contributed by atoms with E-state index in [0.717, 1.165) is 5.56 Å². The van der Waals surface area contributed by atoms with Crippen molar-refractivity contribution >= 4 is 33.9 Å². The lowest BCUT2D eigenvalue weighted by atomic mass is 10.0. The van der Waals surface area contributed by atoms with Crippen molar-refractivity contribution in [1.29, 1.82) is 0 Å². The van der Waals surface area contributed by atoms with E-state index in [9.17, 15) is 14.7 Å². The van der Waals surface area contributed by atoms with Crippen LogP contribution in [0.2, 0.25) is 0 Å². The van der Waals surface area contributed by atoms with Crippen LogP contribution < -0.4 is 10.7 Å². The molecule has 0 saturated carbocycles. The molecule has 1 aromatic carbocycles. The van der Waals surface area contributed by atoms with Gasteiger partial charge in [-0.3, -0.25) is 4.79 Å². The molecule has 2 heterocycles. The second-order valence-electron chi connectivity index (χ2n) is 6.03. The van der Waals surface area contributed by atoms with E-state index in [0.29, 0.717) is 11.0 Å². The summed E-state index contributed by atoms with van der Waals surface area (Å²) in [5.41, 5.74) is 0.979. The Morgan fingerprint density at radius 1 is 1.28 bits per heavy atom. The van der Waals surface area contributed by atoms with E-state index in [4.69, 9.17) is 9.52 Å². The van der Waals surface area contributed by atoms with Gasteiger partial charge in [-0.1, -0.05) is 19.9 Å². The van der Waals surface area contributed by atoms with Gasteiger partial charge < -0.3 is 19.9 Å². The smallest absolute Gasteiger partial charge is 0.339 e. The minimum atomic E-state index is -1.22. The molecule has 0 bridgehead atoms. The fourth-order valence-corrected chi connectivity index (χ4v) is 2.63. The summed E-state index contributed by atoms with van der Waals surface area (Å²) in [4.78, 5) is 28.4. The SMILES string of the molecule is CC(C)c1ccc2oc3nc(NCCO)c(C(=O)O)cc3c(=O)c2c1. The molecule has 130 valence electrons. The summed E-state index contributed by atoms with van der Waals surface area (Å²) in [5, 5.41) is 21.5. The zero-order valence-electron chi connectivity index (χ0n) is 13.9. The molecule has 0 atom stereocenters. The van der Waals surface area contributed by atoms with Gasteiger partial charge in [-0.25, -0.2) is 4.79 Å². The number of rotatable bonds is 5. The Balaban J connectivity index is 2.31. The second-order valence-corrected chi connectivity index (χ2v) is 6.03. The molecule has 3 aromatic rings. The number of carboxylic acids is 1. The zero-order valence-corrected chi connectivity index (χ0v) is 13.9. The molecule has 0 aliphatic rings. The van der Waals surface area contributed by atoms with Crippen molar-refractivity contribution in [1.82, 2.24) is 4.98 Å². The van der Waals surface area contributed by atoms with Gasteiger partial charge >= 0.3 is 5.97 Å². The Morgan fingerprint density at radius 2 is 2.04 bits per heavy atom. The van der Waals surface area contributed by atoms with Gasteiger partial charge in [-0.15, -0.1) is 0 Å². The fourth-order valence-electron chi connectivity index (χ4n) is 2.63. The summed E-state index contributed by atoms with van der Waals surface area (Å²) >= 11 is 0. The second kappa shape index (κ2) is 6.52. The first-order chi connectivity index (χ1) is 11.9. The highest BCUT2D eigenvalue weighted by Gasteiger charge is 2.18. The number of anilines is 1. The average Bonchev–Trinajstić information content (AvgIpc) is 2.59. The molecule has 0 radical (unpaired) electrons. The van der Waals surface area contributed by atoms with Gasteiger partial charge in [0.05, 0.1) is 17.4 Å². The highest BCUT2D eigenvalue weighted by atomic mass is 16.4. The minimum absolute atomic E-state index is 0.0513. The number of hydrogen-bond acceptors (Lipinski definition) is 6. The standard InChI is InChI=1S/C18H18N2O5/c1-9(2)10-3-4-14-11(7-10)15(22)12-8-13(18(23)24)16(19-5-6-21)20-17(12)25-14/h3-4,7-9,21H,5-6H2,1-2H3,(H,19,20)(H,23,24). The number of benzene rings is 1. The topological polar surface area (TPSA) is 113 Å². The molecule has 3 rings (SSSR count). The lowest BCUT2D eigenvalue weighted by molar-refractivity contribution is 0.0697. The van der Waals surface area contributed by atoms with Gasteiger partial charge in [0.15, 0.2) is 0 Å². The van der Waals surface area contributed by atoms with E-state index in [1.165, 1.54) is 6.07 Å². The first kappa shape index (κ1) is 16.9. The Morgan fingerprint density at radius 3 is 2.68 bits per heavy atom. The predicted molar refractivity (Wildman–Crippen MR) is 94.4 cm³/mol. The summed E-state index contributed by atoms with van der Waals surface area (Å²) in [7, 11) is 0. The molecule has 0 saturated heterocycles. The molecule has 7 nitrogen and oxygen atoms in total. The van der Waals surface area contributed by atoms with E-state index < -0.39 is 5.97 Å². The van der Waals surface area contributed by atoms with Crippen molar-refractivity contribution < 1.29 is 19.4 Å². The lowest BCUT2D eigenvalue weighted by Crippen LogP contribution is -2.14. The zero-order chi connectivity index (χ0) is 18.1. The quantitative estimate of drug-likeness (QED) is 0.611. The number of nitrogens with one attached hydrogen (secondary N) is 1. The molecule has 0 fully saturated rings. The van der Waals surface area contributed by atoms with E-state index in [1.54, 1.807) is 12.1 Å². The maximum atomic E-state index is 12.8. The Labute approximate surface area is 142 Å². The van der Waals surface area contributed by atoms with Crippen LogP contribution in [0.3, 0.4) is 0 Å². The monoisotopic (exact) mass is 342 g/mol. The Kier molecular flexibility index (Phi) is 4.41. The molecule has 3 N–H and O–H groups in total. The van der Waals surface area contributed by atoms with Gasteiger partial charge in [0, 0.05) is 6.54 Å². The van der Waals surface area contributed by atoms with Gasteiger partial charge in [0.25, 0.3) is 0 Å². The third kappa shape index (κ3) is 3.06. The molecule has 0 aliphatic heterocycles. The van der Waals surface area contributed by atoms with Crippen molar-refractivity contribution in [3.05, 3.63) is 45.6 Å². The summed E-state index contributed by atoms with van der Waals surface area (Å²) in [5.74, 6) is -0.919. The van der Waals surface area contributed by atoms with Gasteiger partial charge in [0.2, 0.25) is 11.1 Å². The number of pyridine rings is 1. The number of fused-ring (bicyclic) bond motifs is 2. The van der Waals surface area contributed by atoms with Crippen LogP contribution in [-0.4, -0.2) is 34.3 Å². The van der Waals surface area contributed by atoms with E-state index >= 15 is 0 Å². The maximum absolute atomic E-state index is 12.8. The first-order valence-electron chi connectivity index (χ1n) is 7.92. The highest BCUT2D eigenvalue weighted by molar-refractivity contribution is 5.99. The Hall–Kier alpha value is -2.93. The summed E-state index contributed by atoms with van der Waals surface area (Å²) in [6.45, 7) is 3.99. The number of aliphatic hydroxyl groups excluding tert-OH is 1. The molecule has 0 unspecified atom stereocenters. The van der Waals surface area contributed by atoms with Crippen molar-refractivity contribution in [2.45, 2.75) is 19.8 Å². The molecule has 0 aliphatic carbocycles. The fraction of sp³-hybridized carbons (Fsp3) is 0.278. The minimum Gasteiger partial charge on any atom is -0.478 e. The number of hydrogen-bond donors (Lipinski definition) is 3. The van der Waals surface area contributed by atoms with Crippen LogP contribution in [0.5, 0.6) is 0 Å². The third-order valence-corrected chi connectivity index (χ3v) is 3.99. The first-order valence-corrected chi connectivity index (χ1v) is 7.92. The molecule has 7 heteroatoms. The number of carbonyl (C=O) groups is 1. The van der Waals surface area contributed by atoms with E-state index in [1.807, 2.05) is 19.9 Å². The number of aromatic carboxylic acids is 1. The van der Waals surface area contributed by atoms with Gasteiger partial charge in [0.1, 0.15) is 17.0 Å². The molecule has 2 aromatic heterocycles. The summed E-state index contributed by atoms with van der Waals surface area (Å²) < 4.78 is 5.71. The maximum Gasteiger partial charge on any atom is 0.339 e. The van der Waals surface area contributed by atoms with E-state index in [2.05, 4.69) is 10.3 Å². The third-order valence-electron chi connectivity index (χ3n) is 3.99. The largest absolute Gasteiger partial charge is 0.478 e. The number of nitrogens with zero attached hydrogens (tertiary/aromatic N) is 1. The van der Waals surface area contributed by atoms with Crippen LogP contribution in [0.25, 0.3) is 22.1 Å². The summed E-state index contributed by atoms with van der Waals surface area (Å²) in [6.07, 6.45) is 0. The number of carboxylic acid groups (broad SMARTS) is 1. The van der Waals surface area contributed by atoms with E-state index in [-0.39, 0.29) is 47.0 Å². The molecular weight excluding hydrogens is 324 g/mol.